The number of carboxylic acids is 1. The number of carboxylic acid groups (broad SMARTS) is 1. The first-order chi connectivity index (χ1) is 10.7. The van der Waals surface area contributed by atoms with Gasteiger partial charge >= 0.3 is 5.97 Å². The Hall–Kier alpha value is -3.01. The summed E-state index contributed by atoms with van der Waals surface area (Å²) >= 11 is 0. The zero-order chi connectivity index (χ0) is 15.5. The molecule has 2 aromatic carbocycles. The van der Waals surface area contributed by atoms with Crippen molar-refractivity contribution in [2.75, 3.05) is 7.11 Å². The molecule has 0 aliphatic rings. The minimum atomic E-state index is -1.08. The monoisotopic (exact) mass is 294 g/mol. The number of carbonyl (C=O) groups is 1. The normalized spacial score (nSPS) is 11.1. The number of methoxy groups -OCH3 is 1. The Bertz CT molecular complexity index is 841. The summed E-state index contributed by atoms with van der Waals surface area (Å²) in [6.07, 6.45) is 3.61. The Morgan fingerprint density at radius 1 is 1.09 bits per heavy atom. The van der Waals surface area contributed by atoms with E-state index in [1.54, 1.807) is 19.3 Å². The van der Waals surface area contributed by atoms with Crippen LogP contribution in [0.3, 0.4) is 0 Å². The van der Waals surface area contributed by atoms with Crippen LogP contribution in [0.5, 0.6) is 5.75 Å². The van der Waals surface area contributed by atoms with E-state index in [4.69, 9.17) is 9.15 Å². The van der Waals surface area contributed by atoms with E-state index in [9.17, 15) is 9.90 Å². The second-order valence-electron chi connectivity index (χ2n) is 4.75. The molecule has 1 aromatic heterocycles. The molecule has 4 heteroatoms. The minimum Gasteiger partial charge on any atom is -0.497 e. The van der Waals surface area contributed by atoms with Crippen LogP contribution in [0.2, 0.25) is 0 Å². The van der Waals surface area contributed by atoms with Crippen LogP contribution in [0.1, 0.15) is 21.7 Å². The van der Waals surface area contributed by atoms with Crippen molar-refractivity contribution in [1.82, 2.24) is 0 Å². The molecule has 0 radical (unpaired) electrons. The summed E-state index contributed by atoms with van der Waals surface area (Å²) in [5, 5.41) is 10.1. The summed E-state index contributed by atoms with van der Waals surface area (Å²) in [7, 11) is 1.61. The molecular weight excluding hydrogens is 280 g/mol. The van der Waals surface area contributed by atoms with Gasteiger partial charge in [-0.2, -0.15) is 0 Å². The van der Waals surface area contributed by atoms with E-state index in [1.165, 1.54) is 0 Å². The Labute approximate surface area is 127 Å². The number of para-hydroxylation sites is 1. The van der Waals surface area contributed by atoms with Gasteiger partial charge in [0.1, 0.15) is 11.3 Å². The Kier molecular flexibility index (Phi) is 3.66. The average molecular weight is 294 g/mol. The average Bonchev–Trinajstić information content (AvgIpc) is 2.92. The molecule has 0 saturated heterocycles. The molecule has 0 amide bonds. The third-order valence-electron chi connectivity index (χ3n) is 3.39. The van der Waals surface area contributed by atoms with Gasteiger partial charge in [-0.05, 0) is 29.8 Å². The second kappa shape index (κ2) is 5.77. The number of rotatable bonds is 4. The summed E-state index contributed by atoms with van der Waals surface area (Å²) in [5.74, 6) is -0.353. The van der Waals surface area contributed by atoms with Crippen LogP contribution in [0.4, 0.5) is 0 Å². The molecule has 0 bridgehead atoms. The van der Waals surface area contributed by atoms with E-state index in [1.807, 2.05) is 48.5 Å². The maximum atomic E-state index is 11.3. The van der Waals surface area contributed by atoms with Crippen molar-refractivity contribution in [3.05, 3.63) is 65.4 Å². The smallest absolute Gasteiger partial charge is 0.372 e. The Morgan fingerprint density at radius 3 is 2.50 bits per heavy atom. The molecule has 3 aromatic rings. The maximum Gasteiger partial charge on any atom is 0.372 e. The Morgan fingerprint density at radius 2 is 1.82 bits per heavy atom. The van der Waals surface area contributed by atoms with Gasteiger partial charge in [-0.15, -0.1) is 0 Å². The van der Waals surface area contributed by atoms with Crippen molar-refractivity contribution in [2.45, 2.75) is 0 Å². The van der Waals surface area contributed by atoms with Crippen LogP contribution in [-0.4, -0.2) is 18.2 Å². The lowest BCUT2D eigenvalue weighted by Gasteiger charge is -1.99. The highest BCUT2D eigenvalue weighted by Crippen LogP contribution is 2.28. The van der Waals surface area contributed by atoms with Crippen LogP contribution < -0.4 is 4.74 Å². The van der Waals surface area contributed by atoms with Gasteiger partial charge in [0.05, 0.1) is 7.11 Å². The fourth-order valence-electron chi connectivity index (χ4n) is 2.28. The first-order valence-corrected chi connectivity index (χ1v) is 6.76. The predicted molar refractivity (Wildman–Crippen MR) is 85.1 cm³/mol. The molecule has 1 heterocycles. The van der Waals surface area contributed by atoms with Crippen molar-refractivity contribution in [1.29, 1.82) is 0 Å². The number of ether oxygens (including phenoxy) is 1. The van der Waals surface area contributed by atoms with E-state index in [0.29, 0.717) is 11.1 Å². The minimum absolute atomic E-state index is 0.0500. The second-order valence-corrected chi connectivity index (χ2v) is 4.75. The first-order valence-electron chi connectivity index (χ1n) is 6.76. The van der Waals surface area contributed by atoms with Crippen LogP contribution in [0, 0.1) is 0 Å². The number of furan rings is 1. The molecule has 110 valence electrons. The summed E-state index contributed by atoms with van der Waals surface area (Å²) in [4.78, 5) is 11.3. The lowest BCUT2D eigenvalue weighted by molar-refractivity contribution is 0.0664. The van der Waals surface area contributed by atoms with Crippen LogP contribution >= 0.6 is 0 Å². The number of hydrogen-bond acceptors (Lipinski definition) is 3. The predicted octanol–water partition coefficient (Wildman–Crippen LogP) is 4.31. The molecule has 0 saturated carbocycles. The lowest BCUT2D eigenvalue weighted by Crippen LogP contribution is -1.95. The highest BCUT2D eigenvalue weighted by molar-refractivity contribution is 6.01. The van der Waals surface area contributed by atoms with Crippen LogP contribution in [0.25, 0.3) is 23.1 Å². The van der Waals surface area contributed by atoms with Gasteiger partial charge in [-0.25, -0.2) is 4.79 Å². The van der Waals surface area contributed by atoms with Gasteiger partial charge in [0, 0.05) is 10.9 Å². The fraction of sp³-hybridized carbons (Fsp3) is 0.0556. The Balaban J connectivity index is 2.03. The zero-order valence-corrected chi connectivity index (χ0v) is 11.9. The van der Waals surface area contributed by atoms with Crippen molar-refractivity contribution >= 4 is 29.1 Å². The fourth-order valence-corrected chi connectivity index (χ4v) is 2.28. The first kappa shape index (κ1) is 13.9. The summed E-state index contributed by atoms with van der Waals surface area (Å²) in [6.45, 7) is 0. The van der Waals surface area contributed by atoms with Gasteiger partial charge in [0.2, 0.25) is 5.76 Å². The number of fused-ring (bicyclic) bond motifs is 1. The highest BCUT2D eigenvalue weighted by atomic mass is 16.5. The van der Waals surface area contributed by atoms with E-state index >= 15 is 0 Å². The number of aromatic carboxylic acids is 1. The summed E-state index contributed by atoms with van der Waals surface area (Å²) in [5.41, 5.74) is 2.08. The van der Waals surface area contributed by atoms with Crippen molar-refractivity contribution in [2.24, 2.45) is 0 Å². The van der Waals surface area contributed by atoms with E-state index in [2.05, 4.69) is 0 Å². The third-order valence-corrected chi connectivity index (χ3v) is 3.39. The molecule has 0 unspecified atom stereocenters. The molecule has 0 atom stereocenters. The largest absolute Gasteiger partial charge is 0.497 e. The zero-order valence-electron chi connectivity index (χ0n) is 11.9. The van der Waals surface area contributed by atoms with Crippen molar-refractivity contribution < 1.29 is 19.1 Å². The van der Waals surface area contributed by atoms with Crippen LogP contribution in [0.15, 0.2) is 52.9 Å². The molecule has 0 fully saturated rings. The van der Waals surface area contributed by atoms with Crippen molar-refractivity contribution in [3.63, 3.8) is 0 Å². The molecule has 22 heavy (non-hydrogen) atoms. The molecule has 0 aliphatic heterocycles. The quantitative estimate of drug-likeness (QED) is 0.779. The van der Waals surface area contributed by atoms with Gasteiger partial charge in [0.25, 0.3) is 0 Å². The molecular formula is C18H14O4. The molecule has 0 spiro atoms. The summed E-state index contributed by atoms with van der Waals surface area (Å²) < 4.78 is 10.5. The molecule has 4 nitrogen and oxygen atoms in total. The van der Waals surface area contributed by atoms with E-state index in [0.717, 1.165) is 16.7 Å². The van der Waals surface area contributed by atoms with Gasteiger partial charge < -0.3 is 14.3 Å². The molecule has 1 N–H and O–H groups in total. The number of benzene rings is 2. The molecule has 3 rings (SSSR count). The SMILES string of the molecule is COc1ccc(/C=C/c2c(C(=O)O)oc3ccccc23)cc1. The van der Waals surface area contributed by atoms with E-state index in [-0.39, 0.29) is 5.76 Å². The van der Waals surface area contributed by atoms with Crippen LogP contribution in [-0.2, 0) is 0 Å². The molecule has 0 aliphatic carbocycles. The number of hydrogen-bond donors (Lipinski definition) is 1. The maximum absolute atomic E-state index is 11.3. The highest BCUT2D eigenvalue weighted by Gasteiger charge is 2.17. The van der Waals surface area contributed by atoms with Gasteiger partial charge in [0.15, 0.2) is 0 Å². The van der Waals surface area contributed by atoms with E-state index < -0.39 is 5.97 Å². The topological polar surface area (TPSA) is 59.7 Å². The summed E-state index contributed by atoms with van der Waals surface area (Å²) in [6, 6.07) is 14.8. The lowest BCUT2D eigenvalue weighted by atomic mass is 10.1. The standard InChI is InChI=1S/C18H14O4/c1-21-13-9-6-12(7-10-13)8-11-15-14-4-2-3-5-16(14)22-17(15)18(19)20/h2-11H,1H3,(H,19,20)/b11-8+. The third kappa shape index (κ3) is 2.59. The van der Waals surface area contributed by atoms with Gasteiger partial charge in [-0.1, -0.05) is 36.4 Å². The van der Waals surface area contributed by atoms with Gasteiger partial charge in [-0.3, -0.25) is 0 Å². The van der Waals surface area contributed by atoms with Crippen molar-refractivity contribution in [3.8, 4) is 5.75 Å².